The summed E-state index contributed by atoms with van der Waals surface area (Å²) in [6, 6.07) is 12.5. The maximum absolute atomic E-state index is 5.50. The first-order chi connectivity index (χ1) is 11.7. The molecule has 1 aliphatic rings. The Labute approximate surface area is 153 Å². The van der Waals surface area contributed by atoms with Crippen molar-refractivity contribution >= 4 is 10.8 Å². The van der Waals surface area contributed by atoms with Crippen LogP contribution in [0, 0.1) is 0 Å². The molecule has 0 saturated carbocycles. The van der Waals surface area contributed by atoms with Gasteiger partial charge in [0.2, 0.25) is 5.69 Å². The highest BCUT2D eigenvalue weighted by Crippen LogP contribution is 2.37. The highest BCUT2D eigenvalue weighted by atomic mass is 35.5. The fourth-order valence-electron chi connectivity index (χ4n) is 3.48. The summed E-state index contributed by atoms with van der Waals surface area (Å²) >= 11 is 0. The van der Waals surface area contributed by atoms with E-state index in [2.05, 4.69) is 35.0 Å². The number of halogens is 1. The van der Waals surface area contributed by atoms with Gasteiger partial charge in [0.05, 0.1) is 32.3 Å². The topological polar surface area (TPSA) is 31.6 Å². The Hall–Kier alpha value is -2.46. The van der Waals surface area contributed by atoms with Gasteiger partial charge in [0, 0.05) is 12.5 Å². The molecule has 0 amide bonds. The van der Waals surface area contributed by atoms with E-state index in [1.807, 2.05) is 12.1 Å². The van der Waals surface area contributed by atoms with Crippen molar-refractivity contribution in [2.75, 3.05) is 21.3 Å². The summed E-state index contributed by atoms with van der Waals surface area (Å²) in [6.45, 7) is 0.936. The predicted molar refractivity (Wildman–Crippen MR) is 92.9 cm³/mol. The lowest BCUT2D eigenvalue weighted by Crippen LogP contribution is -3.00. The van der Waals surface area contributed by atoms with Gasteiger partial charge in [-0.15, -0.1) is 0 Å². The average Bonchev–Trinajstić information content (AvgIpc) is 2.64. The van der Waals surface area contributed by atoms with E-state index in [0.29, 0.717) is 0 Å². The third-order valence-electron chi connectivity index (χ3n) is 4.71. The SMILES string of the molecule is COc1cc2c(cc1OC)-c1cc3cccc(OC)c3c[n+]1CC2.[Cl-]. The minimum Gasteiger partial charge on any atom is -1.00 e. The molecule has 130 valence electrons. The zero-order valence-electron chi connectivity index (χ0n) is 14.5. The molecule has 0 atom stereocenters. The Kier molecular flexibility index (Phi) is 4.73. The number of aryl methyl sites for hydroxylation is 2. The van der Waals surface area contributed by atoms with Crippen LogP contribution in [0.4, 0.5) is 0 Å². The molecule has 0 aliphatic carbocycles. The fraction of sp³-hybridized carbons (Fsp3) is 0.250. The van der Waals surface area contributed by atoms with Gasteiger partial charge < -0.3 is 26.6 Å². The molecule has 0 unspecified atom stereocenters. The van der Waals surface area contributed by atoms with Crippen molar-refractivity contribution in [3.63, 3.8) is 0 Å². The molecule has 0 saturated heterocycles. The Morgan fingerprint density at radius 1 is 0.880 bits per heavy atom. The van der Waals surface area contributed by atoms with E-state index in [1.54, 1.807) is 21.3 Å². The van der Waals surface area contributed by atoms with Gasteiger partial charge in [-0.25, -0.2) is 0 Å². The van der Waals surface area contributed by atoms with Crippen LogP contribution in [0.25, 0.3) is 22.0 Å². The fourth-order valence-corrected chi connectivity index (χ4v) is 3.48. The lowest BCUT2D eigenvalue weighted by atomic mass is 9.95. The molecule has 3 aromatic rings. The molecule has 0 spiro atoms. The van der Waals surface area contributed by atoms with Crippen LogP contribution in [0.2, 0.25) is 0 Å². The minimum absolute atomic E-state index is 0. The van der Waals surface area contributed by atoms with Gasteiger partial charge in [0.1, 0.15) is 5.75 Å². The van der Waals surface area contributed by atoms with Gasteiger partial charge in [0.25, 0.3) is 0 Å². The summed E-state index contributed by atoms with van der Waals surface area (Å²) in [5.41, 5.74) is 3.68. The summed E-state index contributed by atoms with van der Waals surface area (Å²) in [5, 5.41) is 2.30. The van der Waals surface area contributed by atoms with Crippen LogP contribution in [0.15, 0.2) is 42.6 Å². The molecule has 1 aromatic heterocycles. The summed E-state index contributed by atoms with van der Waals surface area (Å²) in [6.07, 6.45) is 3.15. The summed E-state index contributed by atoms with van der Waals surface area (Å²) < 4.78 is 18.7. The number of ether oxygens (including phenoxy) is 3. The molecular weight excluding hydrogens is 338 g/mol. The molecule has 25 heavy (non-hydrogen) atoms. The van der Waals surface area contributed by atoms with Gasteiger partial charge in [-0.3, -0.25) is 0 Å². The quantitative estimate of drug-likeness (QED) is 0.635. The van der Waals surface area contributed by atoms with Gasteiger partial charge in [-0.2, -0.15) is 4.57 Å². The predicted octanol–water partition coefficient (Wildman–Crippen LogP) is 0.380. The second kappa shape index (κ2) is 6.81. The molecule has 4 nitrogen and oxygen atoms in total. The van der Waals surface area contributed by atoms with Crippen LogP contribution < -0.4 is 31.2 Å². The van der Waals surface area contributed by atoms with Crippen LogP contribution in [-0.4, -0.2) is 21.3 Å². The zero-order chi connectivity index (χ0) is 16.7. The van der Waals surface area contributed by atoms with E-state index in [4.69, 9.17) is 14.2 Å². The minimum atomic E-state index is 0. The van der Waals surface area contributed by atoms with Crippen LogP contribution in [0.3, 0.4) is 0 Å². The van der Waals surface area contributed by atoms with Crippen LogP contribution in [-0.2, 0) is 13.0 Å². The molecule has 4 rings (SSSR count). The Bertz CT molecular complexity index is 940. The molecule has 1 aliphatic heterocycles. The largest absolute Gasteiger partial charge is 1.00 e. The van der Waals surface area contributed by atoms with E-state index in [9.17, 15) is 0 Å². The number of methoxy groups -OCH3 is 3. The Morgan fingerprint density at radius 3 is 2.32 bits per heavy atom. The molecule has 2 heterocycles. The number of rotatable bonds is 3. The molecule has 0 bridgehead atoms. The second-order valence-electron chi connectivity index (χ2n) is 5.93. The number of benzene rings is 2. The zero-order valence-corrected chi connectivity index (χ0v) is 15.3. The number of hydrogen-bond acceptors (Lipinski definition) is 3. The van der Waals surface area contributed by atoms with Crippen molar-refractivity contribution < 1.29 is 31.2 Å². The molecule has 0 radical (unpaired) electrons. The highest BCUT2D eigenvalue weighted by Gasteiger charge is 2.26. The molecule has 0 N–H and O–H groups in total. The third-order valence-corrected chi connectivity index (χ3v) is 4.71. The average molecular weight is 358 g/mol. The smallest absolute Gasteiger partial charge is 0.213 e. The third kappa shape index (κ3) is 2.76. The summed E-state index contributed by atoms with van der Waals surface area (Å²) in [7, 11) is 5.06. The Morgan fingerprint density at radius 2 is 1.60 bits per heavy atom. The lowest BCUT2D eigenvalue weighted by molar-refractivity contribution is -0.686. The first-order valence-corrected chi connectivity index (χ1v) is 8.00. The first-order valence-electron chi connectivity index (χ1n) is 8.00. The number of pyridine rings is 1. The van der Waals surface area contributed by atoms with Crippen LogP contribution in [0.1, 0.15) is 5.56 Å². The van der Waals surface area contributed by atoms with E-state index in [1.165, 1.54) is 22.2 Å². The summed E-state index contributed by atoms with van der Waals surface area (Å²) in [4.78, 5) is 0. The van der Waals surface area contributed by atoms with Crippen LogP contribution >= 0.6 is 0 Å². The lowest BCUT2D eigenvalue weighted by Gasteiger charge is -2.18. The van der Waals surface area contributed by atoms with E-state index >= 15 is 0 Å². The van der Waals surface area contributed by atoms with Crippen LogP contribution in [0.5, 0.6) is 17.2 Å². The van der Waals surface area contributed by atoms with Crippen molar-refractivity contribution in [2.45, 2.75) is 13.0 Å². The normalized spacial score (nSPS) is 12.0. The maximum Gasteiger partial charge on any atom is 0.213 e. The van der Waals surface area contributed by atoms with Crippen molar-refractivity contribution in [3.05, 3.63) is 48.2 Å². The van der Waals surface area contributed by atoms with Crippen molar-refractivity contribution in [2.24, 2.45) is 0 Å². The maximum atomic E-state index is 5.50. The number of nitrogens with zero attached hydrogens (tertiary/aromatic N) is 1. The number of aromatic nitrogens is 1. The molecular formula is C20H20ClNO3. The van der Waals surface area contributed by atoms with E-state index in [-0.39, 0.29) is 12.4 Å². The van der Waals surface area contributed by atoms with Crippen molar-refractivity contribution in [1.29, 1.82) is 0 Å². The highest BCUT2D eigenvalue weighted by molar-refractivity contribution is 5.89. The van der Waals surface area contributed by atoms with E-state index in [0.717, 1.165) is 35.6 Å². The number of fused-ring (bicyclic) bond motifs is 4. The van der Waals surface area contributed by atoms with Crippen molar-refractivity contribution in [3.8, 4) is 28.5 Å². The molecule has 0 fully saturated rings. The van der Waals surface area contributed by atoms with Crippen molar-refractivity contribution in [1.82, 2.24) is 0 Å². The molecule has 5 heteroatoms. The van der Waals surface area contributed by atoms with Gasteiger partial charge in [0.15, 0.2) is 24.2 Å². The van der Waals surface area contributed by atoms with Gasteiger partial charge in [-0.05, 0) is 29.1 Å². The van der Waals surface area contributed by atoms with Gasteiger partial charge in [-0.1, -0.05) is 12.1 Å². The molecule has 2 aromatic carbocycles. The van der Waals surface area contributed by atoms with E-state index < -0.39 is 0 Å². The second-order valence-corrected chi connectivity index (χ2v) is 5.93. The summed E-state index contributed by atoms with van der Waals surface area (Å²) in [5.74, 6) is 2.45. The first kappa shape index (κ1) is 17.4. The van der Waals surface area contributed by atoms with Gasteiger partial charge >= 0.3 is 0 Å². The Balaban J connectivity index is 0.00000182. The number of hydrogen-bond donors (Lipinski definition) is 0. The monoisotopic (exact) mass is 357 g/mol. The standard InChI is InChI=1S/C20H20NO3.ClH/c1-22-18-6-4-5-13-9-17-15-11-20(24-3)19(23-2)10-14(15)7-8-21(17)12-16(13)18;/h4-6,9-12H,7-8H2,1-3H3;1H/q+1;/p-1.